The predicted molar refractivity (Wildman–Crippen MR) is 69.1 cm³/mol. The van der Waals surface area contributed by atoms with Crippen molar-refractivity contribution in [2.45, 2.75) is 19.9 Å². The summed E-state index contributed by atoms with van der Waals surface area (Å²) in [5, 5.41) is 20.3. The fraction of sp³-hybridized carbons (Fsp3) is 0.400. The predicted octanol–water partition coefficient (Wildman–Crippen LogP) is 1.20. The van der Waals surface area contributed by atoms with Gasteiger partial charge in [-0.1, -0.05) is 12.1 Å². The van der Waals surface area contributed by atoms with Gasteiger partial charge in [0.05, 0.1) is 11.5 Å². The number of nitrogens with zero attached hydrogens (tertiary/aromatic N) is 5. The molecule has 2 heterocycles. The second kappa shape index (κ2) is 6.41. The normalized spacial score (nSPS) is 10.2. The summed E-state index contributed by atoms with van der Waals surface area (Å²) in [7, 11) is 0. The zero-order valence-electron chi connectivity index (χ0n) is 10.7. The number of nitrogens with one attached hydrogen (secondary N) is 2. The van der Waals surface area contributed by atoms with Gasteiger partial charge in [-0.05, 0) is 6.42 Å². The Hall–Kier alpha value is -2.78. The molecular formula is C10H13N7O3. The number of rotatable bonds is 7. The highest BCUT2D eigenvalue weighted by molar-refractivity contribution is 5.56. The fourth-order valence-electron chi connectivity index (χ4n) is 1.39. The van der Waals surface area contributed by atoms with Crippen molar-refractivity contribution in [2.75, 3.05) is 17.2 Å². The zero-order chi connectivity index (χ0) is 14.4. The van der Waals surface area contributed by atoms with Gasteiger partial charge in [-0.15, -0.1) is 0 Å². The average molecular weight is 279 g/mol. The third kappa shape index (κ3) is 3.37. The Morgan fingerprint density at radius 3 is 2.90 bits per heavy atom. The first kappa shape index (κ1) is 13.6. The van der Waals surface area contributed by atoms with Gasteiger partial charge in [-0.25, -0.2) is 4.98 Å². The van der Waals surface area contributed by atoms with E-state index in [1.54, 1.807) is 0 Å². The third-order valence-corrected chi connectivity index (χ3v) is 2.32. The fourth-order valence-corrected chi connectivity index (χ4v) is 1.39. The average Bonchev–Trinajstić information content (AvgIpc) is 2.96. The van der Waals surface area contributed by atoms with Crippen molar-refractivity contribution in [3.63, 3.8) is 0 Å². The molecule has 0 bridgehead atoms. The van der Waals surface area contributed by atoms with Crippen molar-refractivity contribution in [1.29, 1.82) is 0 Å². The van der Waals surface area contributed by atoms with E-state index in [2.05, 4.69) is 35.3 Å². The van der Waals surface area contributed by atoms with Gasteiger partial charge in [0.1, 0.15) is 6.20 Å². The third-order valence-electron chi connectivity index (χ3n) is 2.32. The highest BCUT2D eigenvalue weighted by Crippen LogP contribution is 2.22. The summed E-state index contributed by atoms with van der Waals surface area (Å²) in [6.45, 7) is 2.84. The molecule has 0 amide bonds. The molecule has 0 aliphatic carbocycles. The van der Waals surface area contributed by atoms with Crippen LogP contribution in [0.5, 0.6) is 0 Å². The lowest BCUT2D eigenvalue weighted by Crippen LogP contribution is -2.10. The van der Waals surface area contributed by atoms with E-state index in [9.17, 15) is 10.1 Å². The first-order valence-corrected chi connectivity index (χ1v) is 5.95. The maximum absolute atomic E-state index is 10.9. The molecule has 10 heteroatoms. The minimum Gasteiger partial charge on any atom is -0.357 e. The lowest BCUT2D eigenvalue weighted by Gasteiger charge is -2.07. The number of anilines is 2. The molecule has 2 aromatic heterocycles. The monoisotopic (exact) mass is 279 g/mol. The maximum Gasteiger partial charge on any atom is 0.329 e. The molecule has 0 fully saturated rings. The lowest BCUT2D eigenvalue weighted by molar-refractivity contribution is -0.384. The molecular weight excluding hydrogens is 266 g/mol. The maximum atomic E-state index is 10.9. The lowest BCUT2D eigenvalue weighted by atomic mass is 10.4. The van der Waals surface area contributed by atoms with Crippen molar-refractivity contribution in [1.82, 2.24) is 20.1 Å². The van der Waals surface area contributed by atoms with Crippen LogP contribution in [0.3, 0.4) is 0 Å². The van der Waals surface area contributed by atoms with Crippen LogP contribution < -0.4 is 10.6 Å². The van der Waals surface area contributed by atoms with E-state index in [0.717, 1.165) is 12.6 Å². The summed E-state index contributed by atoms with van der Waals surface area (Å²) in [4.78, 5) is 22.1. The van der Waals surface area contributed by atoms with Crippen molar-refractivity contribution in [2.24, 2.45) is 0 Å². The van der Waals surface area contributed by atoms with Crippen LogP contribution in [0.2, 0.25) is 0 Å². The molecule has 0 saturated heterocycles. The van der Waals surface area contributed by atoms with Gasteiger partial charge >= 0.3 is 5.69 Å². The molecule has 2 rings (SSSR count). The highest BCUT2D eigenvalue weighted by atomic mass is 16.6. The van der Waals surface area contributed by atoms with Crippen LogP contribution in [0.25, 0.3) is 0 Å². The second-order valence-corrected chi connectivity index (χ2v) is 3.81. The van der Waals surface area contributed by atoms with Gasteiger partial charge in [0.2, 0.25) is 18.2 Å². The summed E-state index contributed by atoms with van der Waals surface area (Å²) < 4.78 is 4.58. The van der Waals surface area contributed by atoms with Crippen LogP contribution in [0, 0.1) is 10.1 Å². The Balaban J connectivity index is 2.15. The van der Waals surface area contributed by atoms with Crippen molar-refractivity contribution < 1.29 is 9.45 Å². The van der Waals surface area contributed by atoms with Crippen molar-refractivity contribution in [3.05, 3.63) is 28.5 Å². The minimum atomic E-state index is -0.553. The number of hydrogen-bond acceptors (Lipinski definition) is 9. The van der Waals surface area contributed by atoms with Gasteiger partial charge in [0.25, 0.3) is 0 Å². The van der Waals surface area contributed by atoms with E-state index >= 15 is 0 Å². The van der Waals surface area contributed by atoms with Gasteiger partial charge in [-0.3, -0.25) is 10.1 Å². The standard InChI is InChI=1S/C10H13N7O3/c1-2-3-11-10-13-4-7(17(18)19)9(15-10)12-5-8-14-6-20-16-8/h4,6H,2-3,5H2,1H3,(H2,11,12,13,15). The smallest absolute Gasteiger partial charge is 0.329 e. The van der Waals surface area contributed by atoms with Crippen LogP contribution in [0.15, 0.2) is 17.1 Å². The summed E-state index contributed by atoms with van der Waals surface area (Å²) >= 11 is 0. The van der Waals surface area contributed by atoms with E-state index in [4.69, 9.17) is 0 Å². The molecule has 0 aliphatic rings. The van der Waals surface area contributed by atoms with Crippen LogP contribution in [0.1, 0.15) is 19.2 Å². The minimum absolute atomic E-state index is 0.105. The number of nitro groups is 1. The Morgan fingerprint density at radius 2 is 2.25 bits per heavy atom. The highest BCUT2D eigenvalue weighted by Gasteiger charge is 2.17. The first-order valence-electron chi connectivity index (χ1n) is 5.95. The molecule has 10 nitrogen and oxygen atoms in total. The molecule has 2 aromatic rings. The zero-order valence-corrected chi connectivity index (χ0v) is 10.7. The Morgan fingerprint density at radius 1 is 1.40 bits per heavy atom. The van der Waals surface area contributed by atoms with Gasteiger partial charge in [-0.2, -0.15) is 9.97 Å². The Kier molecular flexibility index (Phi) is 4.37. The molecule has 0 radical (unpaired) electrons. The molecule has 2 N–H and O–H groups in total. The SMILES string of the molecule is CCCNc1ncc([N+](=O)[O-])c(NCc2ncon2)n1. The van der Waals surface area contributed by atoms with Gasteiger partial charge in [0, 0.05) is 6.54 Å². The van der Waals surface area contributed by atoms with Crippen molar-refractivity contribution >= 4 is 17.5 Å². The summed E-state index contributed by atoms with van der Waals surface area (Å²) in [6, 6.07) is 0. The number of aromatic nitrogens is 4. The van der Waals surface area contributed by atoms with E-state index in [-0.39, 0.29) is 18.1 Å². The summed E-state index contributed by atoms with van der Waals surface area (Å²) in [5.74, 6) is 0.808. The largest absolute Gasteiger partial charge is 0.357 e. The van der Waals surface area contributed by atoms with Crippen molar-refractivity contribution in [3.8, 4) is 0 Å². The summed E-state index contributed by atoms with van der Waals surface area (Å²) in [5.41, 5.74) is -0.212. The molecule has 106 valence electrons. The van der Waals surface area contributed by atoms with Gasteiger partial charge < -0.3 is 15.2 Å². The Bertz CT molecular complexity index is 572. The van der Waals surface area contributed by atoms with Crippen LogP contribution >= 0.6 is 0 Å². The molecule has 0 unspecified atom stereocenters. The molecule has 0 atom stereocenters. The Labute approximate surface area is 113 Å². The van der Waals surface area contributed by atoms with E-state index in [1.807, 2.05) is 6.92 Å². The second-order valence-electron chi connectivity index (χ2n) is 3.81. The first-order chi connectivity index (χ1) is 9.70. The topological polar surface area (TPSA) is 132 Å². The number of hydrogen-bond donors (Lipinski definition) is 2. The molecule has 0 aliphatic heterocycles. The van der Waals surface area contributed by atoms with E-state index in [1.165, 1.54) is 6.39 Å². The van der Waals surface area contributed by atoms with E-state index in [0.29, 0.717) is 18.3 Å². The summed E-state index contributed by atoms with van der Waals surface area (Å²) in [6.07, 6.45) is 3.23. The van der Waals surface area contributed by atoms with Crippen LogP contribution in [0.4, 0.5) is 17.5 Å². The van der Waals surface area contributed by atoms with Crippen LogP contribution in [-0.4, -0.2) is 31.6 Å². The molecule has 0 saturated carbocycles. The molecule has 0 aromatic carbocycles. The quantitative estimate of drug-likeness (QED) is 0.566. The molecule has 20 heavy (non-hydrogen) atoms. The molecule has 0 spiro atoms. The van der Waals surface area contributed by atoms with Crippen LogP contribution in [-0.2, 0) is 6.54 Å². The van der Waals surface area contributed by atoms with Gasteiger partial charge in [0.15, 0.2) is 5.82 Å². The van der Waals surface area contributed by atoms with E-state index < -0.39 is 4.92 Å².